The Balaban J connectivity index is 1.35. The van der Waals surface area contributed by atoms with Gasteiger partial charge in [0.2, 0.25) is 11.7 Å². The zero-order valence-electron chi connectivity index (χ0n) is 14.5. The molecule has 0 bridgehead atoms. The Morgan fingerprint density at radius 1 is 1.15 bits per heavy atom. The number of hydrogen-bond acceptors (Lipinski definition) is 5. The van der Waals surface area contributed by atoms with Gasteiger partial charge in [0.25, 0.3) is 5.91 Å². The van der Waals surface area contributed by atoms with E-state index >= 15 is 0 Å². The standard InChI is InChI=1S/C20H17N3O4/c24-19(15-11-18(27-22-15)17-2-1-9-26-17)21-14-6-5-12-7-8-23(16(12)10-14)20(25)13-3-4-13/h1-2,5-6,9-11,13H,3-4,7-8H2,(H,21,24). The quantitative estimate of drug-likeness (QED) is 0.766. The molecule has 136 valence electrons. The molecule has 1 N–H and O–H groups in total. The van der Waals surface area contributed by atoms with Gasteiger partial charge >= 0.3 is 0 Å². The Hall–Kier alpha value is -3.35. The van der Waals surface area contributed by atoms with Gasteiger partial charge < -0.3 is 19.2 Å². The van der Waals surface area contributed by atoms with Gasteiger partial charge in [-0.2, -0.15) is 0 Å². The summed E-state index contributed by atoms with van der Waals surface area (Å²) in [5.41, 5.74) is 2.80. The highest BCUT2D eigenvalue weighted by Crippen LogP contribution is 2.37. The molecule has 0 atom stereocenters. The van der Waals surface area contributed by atoms with E-state index in [4.69, 9.17) is 8.94 Å². The zero-order valence-corrected chi connectivity index (χ0v) is 14.5. The molecule has 2 aliphatic rings. The van der Waals surface area contributed by atoms with E-state index in [1.807, 2.05) is 23.1 Å². The lowest BCUT2D eigenvalue weighted by molar-refractivity contribution is -0.119. The normalized spacial score (nSPS) is 15.6. The number of rotatable bonds is 4. The fourth-order valence-corrected chi connectivity index (χ4v) is 3.35. The molecular weight excluding hydrogens is 346 g/mol. The van der Waals surface area contributed by atoms with Crippen LogP contribution in [-0.4, -0.2) is 23.5 Å². The summed E-state index contributed by atoms with van der Waals surface area (Å²) in [6, 6.07) is 10.7. The predicted molar refractivity (Wildman–Crippen MR) is 97.4 cm³/mol. The average Bonchev–Trinajstić information content (AvgIpc) is 3.08. The van der Waals surface area contributed by atoms with Gasteiger partial charge in [0.1, 0.15) is 0 Å². The van der Waals surface area contributed by atoms with Crippen molar-refractivity contribution in [1.29, 1.82) is 0 Å². The summed E-state index contributed by atoms with van der Waals surface area (Å²) in [6.45, 7) is 0.706. The Morgan fingerprint density at radius 3 is 2.81 bits per heavy atom. The molecule has 1 aromatic carbocycles. The van der Waals surface area contributed by atoms with Gasteiger partial charge in [-0.25, -0.2) is 0 Å². The second-order valence-corrected chi connectivity index (χ2v) is 6.87. The number of aromatic nitrogens is 1. The number of anilines is 2. The molecule has 3 aromatic rings. The Bertz CT molecular complexity index is 1020. The lowest BCUT2D eigenvalue weighted by atomic mass is 10.1. The molecule has 2 amide bonds. The first-order valence-electron chi connectivity index (χ1n) is 8.95. The third-order valence-corrected chi connectivity index (χ3v) is 4.94. The lowest BCUT2D eigenvalue weighted by Crippen LogP contribution is -2.30. The SMILES string of the molecule is O=C(Nc1ccc2c(c1)N(C(=O)C1CC1)CC2)c1cc(-c2ccco2)on1. The van der Waals surface area contributed by atoms with Gasteiger partial charge in [0, 0.05) is 29.9 Å². The number of carbonyl (C=O) groups is 2. The Labute approximate surface area is 154 Å². The van der Waals surface area contributed by atoms with Crippen molar-refractivity contribution in [3.63, 3.8) is 0 Å². The van der Waals surface area contributed by atoms with E-state index in [9.17, 15) is 9.59 Å². The third-order valence-electron chi connectivity index (χ3n) is 4.94. The lowest BCUT2D eigenvalue weighted by Gasteiger charge is -2.17. The highest BCUT2D eigenvalue weighted by atomic mass is 16.5. The molecule has 7 nitrogen and oxygen atoms in total. The summed E-state index contributed by atoms with van der Waals surface area (Å²) in [5, 5.41) is 6.62. The van der Waals surface area contributed by atoms with Crippen LogP contribution in [0.15, 0.2) is 51.6 Å². The zero-order chi connectivity index (χ0) is 18.4. The van der Waals surface area contributed by atoms with Crippen LogP contribution in [0.5, 0.6) is 0 Å². The van der Waals surface area contributed by atoms with Gasteiger partial charge in [-0.3, -0.25) is 9.59 Å². The van der Waals surface area contributed by atoms with Gasteiger partial charge in [-0.1, -0.05) is 11.2 Å². The average molecular weight is 363 g/mol. The molecule has 0 spiro atoms. The van der Waals surface area contributed by atoms with Crippen LogP contribution in [0.1, 0.15) is 28.9 Å². The fraction of sp³-hybridized carbons (Fsp3) is 0.250. The highest BCUT2D eigenvalue weighted by molar-refractivity contribution is 6.04. The molecule has 7 heteroatoms. The minimum atomic E-state index is -0.380. The third kappa shape index (κ3) is 2.91. The first kappa shape index (κ1) is 15.9. The number of nitrogens with zero attached hydrogens (tertiary/aromatic N) is 2. The van der Waals surface area contributed by atoms with Crippen LogP contribution < -0.4 is 10.2 Å². The van der Waals surface area contributed by atoms with Crippen LogP contribution in [-0.2, 0) is 11.2 Å². The monoisotopic (exact) mass is 363 g/mol. The highest BCUT2D eigenvalue weighted by Gasteiger charge is 2.36. The van der Waals surface area contributed by atoms with E-state index in [-0.39, 0.29) is 23.4 Å². The van der Waals surface area contributed by atoms with Crippen molar-refractivity contribution in [2.24, 2.45) is 5.92 Å². The molecule has 1 fully saturated rings. The summed E-state index contributed by atoms with van der Waals surface area (Å²) in [5.74, 6) is 0.879. The second-order valence-electron chi connectivity index (χ2n) is 6.87. The van der Waals surface area contributed by atoms with Crippen molar-refractivity contribution in [2.45, 2.75) is 19.3 Å². The molecule has 0 saturated heterocycles. The van der Waals surface area contributed by atoms with Crippen LogP contribution in [0.3, 0.4) is 0 Å². The molecule has 0 unspecified atom stereocenters. The minimum Gasteiger partial charge on any atom is -0.461 e. The number of nitrogens with one attached hydrogen (secondary N) is 1. The summed E-state index contributed by atoms with van der Waals surface area (Å²) in [7, 11) is 0. The van der Waals surface area contributed by atoms with Gasteiger partial charge in [0.05, 0.1) is 6.26 Å². The van der Waals surface area contributed by atoms with Crippen molar-refractivity contribution >= 4 is 23.2 Å². The maximum absolute atomic E-state index is 12.5. The van der Waals surface area contributed by atoms with Crippen LogP contribution in [0.4, 0.5) is 11.4 Å². The second kappa shape index (κ2) is 6.12. The maximum Gasteiger partial charge on any atom is 0.277 e. The summed E-state index contributed by atoms with van der Waals surface area (Å²) in [4.78, 5) is 26.8. The first-order chi connectivity index (χ1) is 13.2. The molecule has 5 rings (SSSR count). The summed E-state index contributed by atoms with van der Waals surface area (Å²) in [6.07, 6.45) is 4.32. The predicted octanol–water partition coefficient (Wildman–Crippen LogP) is 3.49. The van der Waals surface area contributed by atoms with Gasteiger partial charge in [-0.05, 0) is 49.1 Å². The number of carbonyl (C=O) groups excluding carboxylic acids is 2. The van der Waals surface area contributed by atoms with E-state index in [1.165, 1.54) is 12.3 Å². The molecule has 0 radical (unpaired) electrons. The smallest absolute Gasteiger partial charge is 0.277 e. The van der Waals surface area contributed by atoms with Crippen LogP contribution in [0, 0.1) is 5.92 Å². The van der Waals surface area contributed by atoms with Crippen molar-refractivity contribution < 1.29 is 18.5 Å². The summed E-state index contributed by atoms with van der Waals surface area (Å²) >= 11 is 0. The van der Waals surface area contributed by atoms with Crippen molar-refractivity contribution in [3.05, 3.63) is 53.9 Å². The van der Waals surface area contributed by atoms with E-state index in [0.717, 1.165) is 30.5 Å². The van der Waals surface area contributed by atoms with E-state index in [2.05, 4.69) is 10.5 Å². The number of fused-ring (bicyclic) bond motifs is 1. The van der Waals surface area contributed by atoms with E-state index in [1.54, 1.807) is 12.1 Å². The van der Waals surface area contributed by atoms with Gasteiger partial charge in [0.15, 0.2) is 11.5 Å². The maximum atomic E-state index is 12.5. The minimum absolute atomic E-state index is 0.160. The molecule has 1 aliphatic heterocycles. The van der Waals surface area contributed by atoms with Crippen LogP contribution in [0.2, 0.25) is 0 Å². The number of amides is 2. The molecule has 1 saturated carbocycles. The number of furan rings is 1. The fourth-order valence-electron chi connectivity index (χ4n) is 3.35. The number of hydrogen-bond donors (Lipinski definition) is 1. The molecule has 1 aliphatic carbocycles. The number of benzene rings is 1. The first-order valence-corrected chi connectivity index (χ1v) is 8.95. The molecule has 2 aromatic heterocycles. The van der Waals surface area contributed by atoms with Crippen LogP contribution >= 0.6 is 0 Å². The Morgan fingerprint density at radius 2 is 2.04 bits per heavy atom. The molecule has 3 heterocycles. The van der Waals surface area contributed by atoms with Crippen molar-refractivity contribution in [3.8, 4) is 11.5 Å². The van der Waals surface area contributed by atoms with Gasteiger partial charge in [-0.15, -0.1) is 0 Å². The van der Waals surface area contributed by atoms with E-state index in [0.29, 0.717) is 23.8 Å². The largest absolute Gasteiger partial charge is 0.461 e. The van der Waals surface area contributed by atoms with Crippen molar-refractivity contribution in [2.75, 3.05) is 16.8 Å². The molecular formula is C20H17N3O4. The topological polar surface area (TPSA) is 88.6 Å². The van der Waals surface area contributed by atoms with Crippen LogP contribution in [0.25, 0.3) is 11.5 Å². The van der Waals surface area contributed by atoms with Crippen molar-refractivity contribution in [1.82, 2.24) is 5.16 Å². The summed E-state index contributed by atoms with van der Waals surface area (Å²) < 4.78 is 10.4. The Kier molecular flexibility index (Phi) is 3.60. The van der Waals surface area contributed by atoms with E-state index < -0.39 is 0 Å². The molecule has 27 heavy (non-hydrogen) atoms.